The van der Waals surface area contributed by atoms with Crippen LogP contribution in [0.5, 0.6) is 0 Å². The molecule has 4 rings (SSSR count). The number of nitrogens with zero attached hydrogens (tertiary/aromatic N) is 3. The fraction of sp³-hybridized carbons (Fsp3) is 0.500. The van der Waals surface area contributed by atoms with E-state index in [0.717, 1.165) is 67.2 Å². The molecule has 0 spiro atoms. The van der Waals surface area contributed by atoms with Crippen LogP contribution in [0.1, 0.15) is 40.2 Å². The predicted molar refractivity (Wildman–Crippen MR) is 108 cm³/mol. The molecule has 2 fully saturated rings. The third-order valence-electron chi connectivity index (χ3n) is 5.88. The van der Waals surface area contributed by atoms with Gasteiger partial charge in [-0.2, -0.15) is 0 Å². The Balaban J connectivity index is 1.78. The molecule has 150 valence electrons. The minimum Gasteiger partial charge on any atom is -0.378 e. The molecule has 0 bridgehead atoms. The molecule has 0 aliphatic carbocycles. The number of hydrogen-bond acceptors (Lipinski definition) is 3. The van der Waals surface area contributed by atoms with Crippen molar-refractivity contribution in [3.8, 4) is 0 Å². The first-order valence-electron chi connectivity index (χ1n) is 10.1. The quantitative estimate of drug-likeness (QED) is 0.810. The Morgan fingerprint density at radius 3 is 2.50 bits per heavy atom. The van der Waals surface area contributed by atoms with E-state index in [2.05, 4.69) is 16.4 Å². The van der Waals surface area contributed by atoms with Crippen molar-refractivity contribution in [2.75, 3.05) is 44.3 Å². The maximum absolute atomic E-state index is 13.7. The van der Waals surface area contributed by atoms with E-state index >= 15 is 0 Å². The second kappa shape index (κ2) is 7.95. The molecule has 6 heteroatoms. The zero-order chi connectivity index (χ0) is 19.7. The van der Waals surface area contributed by atoms with Gasteiger partial charge in [-0.1, -0.05) is 12.1 Å². The molecular formula is C22H28FN3O2. The van der Waals surface area contributed by atoms with Crippen LogP contribution in [0.15, 0.2) is 24.3 Å². The highest BCUT2D eigenvalue weighted by Gasteiger charge is 2.30. The van der Waals surface area contributed by atoms with Crippen molar-refractivity contribution in [2.45, 2.75) is 33.2 Å². The van der Waals surface area contributed by atoms with Crippen molar-refractivity contribution in [1.29, 1.82) is 0 Å². The number of morpholine rings is 1. The maximum Gasteiger partial charge on any atom is 0.270 e. The number of anilines is 1. The van der Waals surface area contributed by atoms with Gasteiger partial charge in [0.15, 0.2) is 0 Å². The van der Waals surface area contributed by atoms with Crippen LogP contribution in [0.25, 0.3) is 0 Å². The zero-order valence-electron chi connectivity index (χ0n) is 16.7. The van der Waals surface area contributed by atoms with E-state index in [-0.39, 0.29) is 11.7 Å². The molecule has 1 aromatic heterocycles. The van der Waals surface area contributed by atoms with Gasteiger partial charge < -0.3 is 19.1 Å². The lowest BCUT2D eigenvalue weighted by Crippen LogP contribution is -2.36. The Morgan fingerprint density at radius 1 is 1.11 bits per heavy atom. The summed E-state index contributed by atoms with van der Waals surface area (Å²) in [5, 5.41) is 0. The normalized spacial score (nSPS) is 17.4. The van der Waals surface area contributed by atoms with E-state index in [1.807, 2.05) is 17.9 Å². The lowest BCUT2D eigenvalue weighted by molar-refractivity contribution is 0.0781. The Morgan fingerprint density at radius 2 is 1.82 bits per heavy atom. The predicted octanol–water partition coefficient (Wildman–Crippen LogP) is 3.36. The summed E-state index contributed by atoms with van der Waals surface area (Å²) in [5.41, 5.74) is 4.81. The number of halogens is 1. The van der Waals surface area contributed by atoms with E-state index < -0.39 is 0 Å². The van der Waals surface area contributed by atoms with Gasteiger partial charge in [0.2, 0.25) is 0 Å². The monoisotopic (exact) mass is 385 g/mol. The summed E-state index contributed by atoms with van der Waals surface area (Å²) < 4.78 is 21.3. The molecule has 2 aliphatic heterocycles. The third kappa shape index (κ3) is 3.53. The van der Waals surface area contributed by atoms with E-state index in [4.69, 9.17) is 4.74 Å². The molecule has 0 N–H and O–H groups in total. The second-order valence-electron chi connectivity index (χ2n) is 7.72. The summed E-state index contributed by atoms with van der Waals surface area (Å²) in [7, 11) is 0. The van der Waals surface area contributed by atoms with Crippen LogP contribution < -0.4 is 4.90 Å². The lowest BCUT2D eigenvalue weighted by atomic mass is 10.1. The van der Waals surface area contributed by atoms with Gasteiger partial charge in [0.25, 0.3) is 5.91 Å². The van der Waals surface area contributed by atoms with E-state index in [1.54, 1.807) is 12.1 Å². The first-order chi connectivity index (χ1) is 13.6. The number of amides is 1. The van der Waals surface area contributed by atoms with Crippen molar-refractivity contribution in [3.05, 3.63) is 52.6 Å². The average Bonchev–Trinajstić information content (AvgIpc) is 3.30. The van der Waals surface area contributed by atoms with Gasteiger partial charge >= 0.3 is 0 Å². The highest BCUT2D eigenvalue weighted by Crippen LogP contribution is 2.33. The van der Waals surface area contributed by atoms with Crippen molar-refractivity contribution in [2.24, 2.45) is 0 Å². The Labute approximate surface area is 165 Å². The summed E-state index contributed by atoms with van der Waals surface area (Å²) in [4.78, 5) is 17.6. The number of carbonyl (C=O) groups is 1. The van der Waals surface area contributed by atoms with Crippen molar-refractivity contribution in [1.82, 2.24) is 9.47 Å². The van der Waals surface area contributed by atoms with E-state index in [1.165, 1.54) is 6.07 Å². The van der Waals surface area contributed by atoms with Crippen LogP contribution in [-0.2, 0) is 11.3 Å². The van der Waals surface area contributed by atoms with Crippen molar-refractivity contribution >= 4 is 11.6 Å². The van der Waals surface area contributed by atoms with Crippen LogP contribution >= 0.6 is 0 Å². The number of rotatable bonds is 4. The molecule has 5 nitrogen and oxygen atoms in total. The van der Waals surface area contributed by atoms with Crippen molar-refractivity contribution in [3.63, 3.8) is 0 Å². The SMILES string of the molecule is Cc1c(N2CCOCC2)c(C)n(Cc2cccc(F)c2)c1C(=O)N1CCCC1. The van der Waals surface area contributed by atoms with Crippen LogP contribution in [0, 0.1) is 19.7 Å². The first-order valence-corrected chi connectivity index (χ1v) is 10.1. The maximum atomic E-state index is 13.7. The van der Waals surface area contributed by atoms with Gasteiger partial charge in [-0.3, -0.25) is 4.79 Å². The van der Waals surface area contributed by atoms with Gasteiger partial charge in [0.05, 0.1) is 18.9 Å². The summed E-state index contributed by atoms with van der Waals surface area (Å²) in [5.74, 6) is -0.158. The van der Waals surface area contributed by atoms with Gasteiger partial charge in [-0.25, -0.2) is 4.39 Å². The van der Waals surface area contributed by atoms with Crippen LogP contribution in [-0.4, -0.2) is 54.8 Å². The number of hydrogen-bond donors (Lipinski definition) is 0. The van der Waals surface area contributed by atoms with Crippen molar-refractivity contribution < 1.29 is 13.9 Å². The first kappa shape index (κ1) is 19.0. The number of likely N-dealkylation sites (tertiary alicyclic amines) is 1. The summed E-state index contributed by atoms with van der Waals surface area (Å²) in [6, 6.07) is 6.64. The molecule has 1 amide bonds. The number of ether oxygens (including phenoxy) is 1. The molecule has 0 atom stereocenters. The average molecular weight is 385 g/mol. The summed E-state index contributed by atoms with van der Waals surface area (Å²) >= 11 is 0. The topological polar surface area (TPSA) is 37.7 Å². The van der Waals surface area contributed by atoms with Gasteiger partial charge in [-0.05, 0) is 44.4 Å². The highest BCUT2D eigenvalue weighted by molar-refractivity contribution is 5.97. The Kier molecular flexibility index (Phi) is 5.40. The third-order valence-corrected chi connectivity index (χ3v) is 5.88. The molecule has 2 aromatic rings. The molecule has 0 unspecified atom stereocenters. The molecule has 1 aromatic carbocycles. The molecule has 2 aliphatic rings. The fourth-order valence-electron chi connectivity index (χ4n) is 4.50. The molecular weight excluding hydrogens is 357 g/mol. The minimum absolute atomic E-state index is 0.0917. The van der Waals surface area contributed by atoms with Gasteiger partial charge in [0, 0.05) is 44.0 Å². The Bertz CT molecular complexity index is 865. The molecule has 0 saturated carbocycles. The van der Waals surface area contributed by atoms with Crippen LogP contribution in [0.2, 0.25) is 0 Å². The van der Waals surface area contributed by atoms with Gasteiger partial charge in [-0.15, -0.1) is 0 Å². The molecule has 0 radical (unpaired) electrons. The highest BCUT2D eigenvalue weighted by atomic mass is 19.1. The summed E-state index contributed by atoms with van der Waals surface area (Å²) in [6.45, 7) is 9.27. The van der Waals surface area contributed by atoms with Crippen LogP contribution in [0.4, 0.5) is 10.1 Å². The van der Waals surface area contributed by atoms with Crippen LogP contribution in [0.3, 0.4) is 0 Å². The standard InChI is InChI=1S/C22H28FN3O2/c1-16-20(24-10-12-28-13-11-24)17(2)26(15-18-6-5-7-19(23)14-18)21(16)22(27)25-8-3-4-9-25/h5-7,14H,3-4,8-13,15H2,1-2H3. The minimum atomic E-state index is -0.250. The molecule has 2 saturated heterocycles. The second-order valence-corrected chi connectivity index (χ2v) is 7.72. The number of carbonyl (C=O) groups excluding carboxylic acids is 1. The number of aromatic nitrogens is 1. The molecule has 28 heavy (non-hydrogen) atoms. The van der Waals surface area contributed by atoms with E-state index in [9.17, 15) is 9.18 Å². The zero-order valence-corrected chi connectivity index (χ0v) is 16.7. The molecule has 3 heterocycles. The number of benzene rings is 1. The van der Waals surface area contributed by atoms with Gasteiger partial charge in [0.1, 0.15) is 11.5 Å². The lowest BCUT2D eigenvalue weighted by Gasteiger charge is -2.29. The van der Waals surface area contributed by atoms with E-state index in [0.29, 0.717) is 19.8 Å². The summed E-state index contributed by atoms with van der Waals surface area (Å²) in [6.07, 6.45) is 2.12. The largest absolute Gasteiger partial charge is 0.378 e. The fourth-order valence-corrected chi connectivity index (χ4v) is 4.50. The smallest absolute Gasteiger partial charge is 0.270 e. The Hall–Kier alpha value is -2.34.